The van der Waals surface area contributed by atoms with Crippen molar-refractivity contribution in [3.05, 3.63) is 56.4 Å². The third-order valence-corrected chi connectivity index (χ3v) is 3.92. The second-order valence-corrected chi connectivity index (χ2v) is 6.35. The number of para-hydroxylation sites is 1. The average molecular weight is 340 g/mol. The Morgan fingerprint density at radius 2 is 1.88 bits per heavy atom. The van der Waals surface area contributed by atoms with E-state index < -0.39 is 28.7 Å². The molecule has 3 rings (SSSR count). The highest BCUT2D eigenvalue weighted by atomic mass is 19.4. The summed E-state index contributed by atoms with van der Waals surface area (Å²) in [5.41, 5.74) is -2.98. The molecule has 0 saturated carbocycles. The quantitative estimate of drug-likeness (QED) is 0.800. The number of alkyl halides is 3. The molecule has 0 atom stereocenters. The lowest BCUT2D eigenvalue weighted by Gasteiger charge is -2.19. The van der Waals surface area contributed by atoms with Gasteiger partial charge in [-0.05, 0) is 19.9 Å². The SMILES string of the molecule is Cn1c(C(F)(F)F)cc(=O)n(-c2cccc3c2OC(C)(C)C3)c1=O. The van der Waals surface area contributed by atoms with Crippen molar-refractivity contribution in [2.45, 2.75) is 32.0 Å². The molecule has 0 fully saturated rings. The number of ether oxygens (including phenoxy) is 1. The third kappa shape index (κ3) is 2.51. The minimum atomic E-state index is -4.79. The average Bonchev–Trinajstić information content (AvgIpc) is 2.76. The second kappa shape index (κ2) is 4.99. The summed E-state index contributed by atoms with van der Waals surface area (Å²) >= 11 is 0. The van der Waals surface area contributed by atoms with E-state index in [4.69, 9.17) is 4.74 Å². The molecule has 0 radical (unpaired) electrons. The van der Waals surface area contributed by atoms with Crippen LogP contribution in [0.2, 0.25) is 0 Å². The van der Waals surface area contributed by atoms with Gasteiger partial charge in [-0.15, -0.1) is 0 Å². The molecule has 2 heterocycles. The van der Waals surface area contributed by atoms with Gasteiger partial charge in [-0.3, -0.25) is 9.36 Å². The summed E-state index contributed by atoms with van der Waals surface area (Å²) < 4.78 is 45.7. The van der Waals surface area contributed by atoms with Crippen LogP contribution in [0.1, 0.15) is 25.1 Å². The normalized spacial score (nSPS) is 15.9. The van der Waals surface area contributed by atoms with Gasteiger partial charge >= 0.3 is 11.9 Å². The maximum absolute atomic E-state index is 12.9. The fourth-order valence-electron chi connectivity index (χ4n) is 2.89. The van der Waals surface area contributed by atoms with Gasteiger partial charge in [0, 0.05) is 25.1 Å². The molecule has 2 aromatic rings. The number of rotatable bonds is 1. The number of hydrogen-bond acceptors (Lipinski definition) is 3. The summed E-state index contributed by atoms with van der Waals surface area (Å²) in [6, 6.07) is 5.34. The highest BCUT2D eigenvalue weighted by Crippen LogP contribution is 2.38. The molecule has 5 nitrogen and oxygen atoms in total. The molecule has 1 aromatic heterocycles. The van der Waals surface area contributed by atoms with Gasteiger partial charge in [0.1, 0.15) is 17.0 Å². The number of nitrogens with zero attached hydrogens (tertiary/aromatic N) is 2. The Bertz CT molecular complexity index is 939. The van der Waals surface area contributed by atoms with E-state index in [2.05, 4.69) is 0 Å². The molecular formula is C16H15F3N2O3. The largest absolute Gasteiger partial charge is 0.485 e. The Kier molecular flexibility index (Phi) is 3.40. The van der Waals surface area contributed by atoms with E-state index in [1.165, 1.54) is 6.07 Å². The molecule has 1 aliphatic rings. The fraction of sp³-hybridized carbons (Fsp3) is 0.375. The van der Waals surface area contributed by atoms with Gasteiger partial charge in [-0.1, -0.05) is 12.1 Å². The van der Waals surface area contributed by atoms with Crippen LogP contribution < -0.4 is 16.0 Å². The Labute approximate surface area is 134 Å². The molecule has 0 spiro atoms. The van der Waals surface area contributed by atoms with Crippen LogP contribution in [-0.4, -0.2) is 14.7 Å². The predicted octanol–water partition coefficient (Wildman–Crippen LogP) is 2.27. The van der Waals surface area contributed by atoms with Crippen molar-refractivity contribution in [1.29, 1.82) is 0 Å². The molecule has 24 heavy (non-hydrogen) atoms. The topological polar surface area (TPSA) is 53.2 Å². The Morgan fingerprint density at radius 3 is 2.50 bits per heavy atom. The van der Waals surface area contributed by atoms with Crippen LogP contribution >= 0.6 is 0 Å². The standard InChI is InChI=1S/C16H15F3N2O3/c1-15(2)8-9-5-4-6-10(13(9)24-15)21-12(22)7-11(16(17,18)19)20(3)14(21)23/h4-7H,8H2,1-3H3. The lowest BCUT2D eigenvalue weighted by Crippen LogP contribution is -2.40. The molecule has 8 heteroatoms. The molecule has 0 aliphatic carbocycles. The molecule has 0 amide bonds. The second-order valence-electron chi connectivity index (χ2n) is 6.35. The molecule has 0 bridgehead atoms. The van der Waals surface area contributed by atoms with Crippen molar-refractivity contribution in [3.63, 3.8) is 0 Å². The summed E-state index contributed by atoms with van der Waals surface area (Å²) in [7, 11) is 0.981. The number of aromatic nitrogens is 2. The molecule has 1 aliphatic heterocycles. The number of halogens is 3. The Morgan fingerprint density at radius 1 is 1.21 bits per heavy atom. The van der Waals surface area contributed by atoms with Crippen molar-refractivity contribution in [1.82, 2.24) is 9.13 Å². The van der Waals surface area contributed by atoms with Gasteiger partial charge in [0.05, 0.1) is 5.69 Å². The Balaban J connectivity index is 2.28. The fourth-order valence-corrected chi connectivity index (χ4v) is 2.89. The highest BCUT2D eigenvalue weighted by molar-refractivity contribution is 5.54. The van der Waals surface area contributed by atoms with Crippen LogP contribution in [0, 0.1) is 0 Å². The summed E-state index contributed by atoms with van der Waals surface area (Å²) in [5.74, 6) is 0.349. The smallest absolute Gasteiger partial charge is 0.431 e. The molecule has 128 valence electrons. The first-order chi connectivity index (χ1) is 11.0. The monoisotopic (exact) mass is 340 g/mol. The van der Waals surface area contributed by atoms with Crippen LogP contribution in [-0.2, 0) is 19.6 Å². The minimum Gasteiger partial charge on any atom is -0.485 e. The zero-order valence-corrected chi connectivity index (χ0v) is 13.3. The van der Waals surface area contributed by atoms with Crippen LogP contribution in [0.5, 0.6) is 5.75 Å². The Hall–Kier alpha value is -2.51. The van der Waals surface area contributed by atoms with E-state index in [0.717, 1.165) is 12.6 Å². The predicted molar refractivity (Wildman–Crippen MR) is 80.7 cm³/mol. The molecule has 1 aromatic carbocycles. The summed E-state index contributed by atoms with van der Waals surface area (Å²) in [4.78, 5) is 24.6. The van der Waals surface area contributed by atoms with Crippen LogP contribution in [0.15, 0.2) is 33.9 Å². The number of hydrogen-bond donors (Lipinski definition) is 0. The molecule has 0 unspecified atom stereocenters. The maximum atomic E-state index is 12.9. The van der Waals surface area contributed by atoms with Gasteiger partial charge in [0.2, 0.25) is 0 Å². The minimum absolute atomic E-state index is 0.150. The van der Waals surface area contributed by atoms with Crippen molar-refractivity contribution < 1.29 is 17.9 Å². The van der Waals surface area contributed by atoms with Crippen molar-refractivity contribution in [2.24, 2.45) is 7.05 Å². The molecule has 0 saturated heterocycles. The highest BCUT2D eigenvalue weighted by Gasteiger charge is 2.36. The van der Waals surface area contributed by atoms with E-state index in [1.807, 2.05) is 13.8 Å². The third-order valence-electron chi connectivity index (χ3n) is 3.92. The van der Waals surface area contributed by atoms with Crippen molar-refractivity contribution >= 4 is 0 Å². The number of fused-ring (bicyclic) bond motifs is 1. The first kappa shape index (κ1) is 16.4. The van der Waals surface area contributed by atoms with Gasteiger partial charge < -0.3 is 4.74 Å². The van der Waals surface area contributed by atoms with Crippen LogP contribution in [0.25, 0.3) is 5.69 Å². The van der Waals surface area contributed by atoms with Gasteiger partial charge in [0.15, 0.2) is 0 Å². The first-order valence-electron chi connectivity index (χ1n) is 7.23. The lowest BCUT2D eigenvalue weighted by atomic mass is 10.0. The van der Waals surface area contributed by atoms with Crippen LogP contribution in [0.4, 0.5) is 13.2 Å². The summed E-state index contributed by atoms with van der Waals surface area (Å²) in [6.07, 6.45) is -4.21. The van der Waals surface area contributed by atoms with Gasteiger partial charge in [-0.25, -0.2) is 9.36 Å². The summed E-state index contributed by atoms with van der Waals surface area (Å²) in [6.45, 7) is 3.70. The zero-order chi connectivity index (χ0) is 17.9. The van der Waals surface area contributed by atoms with Gasteiger partial charge in [-0.2, -0.15) is 13.2 Å². The van der Waals surface area contributed by atoms with E-state index in [9.17, 15) is 22.8 Å². The van der Waals surface area contributed by atoms with E-state index in [-0.39, 0.29) is 5.69 Å². The molecule has 0 N–H and O–H groups in total. The van der Waals surface area contributed by atoms with Crippen LogP contribution in [0.3, 0.4) is 0 Å². The van der Waals surface area contributed by atoms with E-state index in [0.29, 0.717) is 27.4 Å². The van der Waals surface area contributed by atoms with Crippen molar-refractivity contribution in [3.8, 4) is 11.4 Å². The number of benzene rings is 1. The summed E-state index contributed by atoms with van der Waals surface area (Å²) in [5, 5.41) is 0. The van der Waals surface area contributed by atoms with Gasteiger partial charge in [0.25, 0.3) is 5.56 Å². The van der Waals surface area contributed by atoms with E-state index in [1.54, 1.807) is 12.1 Å². The first-order valence-corrected chi connectivity index (χ1v) is 7.23. The zero-order valence-electron chi connectivity index (χ0n) is 13.3. The molecular weight excluding hydrogens is 325 g/mol. The lowest BCUT2D eigenvalue weighted by molar-refractivity contribution is -0.144. The van der Waals surface area contributed by atoms with E-state index >= 15 is 0 Å². The van der Waals surface area contributed by atoms with Crippen molar-refractivity contribution in [2.75, 3.05) is 0 Å². The maximum Gasteiger partial charge on any atom is 0.431 e.